The Hall–Kier alpha value is -5.16. The molecule has 5 rings (SSSR count). The van der Waals surface area contributed by atoms with E-state index in [0.29, 0.717) is 28.2 Å². The topological polar surface area (TPSA) is 126 Å². The van der Waals surface area contributed by atoms with E-state index in [1.165, 1.54) is 36.9 Å². The number of rotatable bonds is 8. The van der Waals surface area contributed by atoms with Crippen LogP contribution in [0.3, 0.4) is 0 Å². The van der Waals surface area contributed by atoms with E-state index in [1.54, 1.807) is 56.4 Å². The number of carbonyl (C=O) groups is 2. The fourth-order valence-electron chi connectivity index (χ4n) is 5.19. The normalized spacial score (nSPS) is 11.4. The summed E-state index contributed by atoms with van der Waals surface area (Å²) in [5.41, 5.74) is 3.01. The van der Waals surface area contributed by atoms with Gasteiger partial charge in [0, 0.05) is 30.7 Å². The number of benzene rings is 3. The third kappa shape index (κ3) is 5.86. The lowest BCUT2D eigenvalue weighted by Gasteiger charge is -2.14. The highest BCUT2D eigenvalue weighted by Gasteiger charge is 2.30. The molecular formula is C34H33N3O7S. The lowest BCUT2D eigenvalue weighted by molar-refractivity contribution is 0.0599. The van der Waals surface area contributed by atoms with Gasteiger partial charge >= 0.3 is 5.97 Å². The van der Waals surface area contributed by atoms with Gasteiger partial charge in [0.15, 0.2) is 0 Å². The summed E-state index contributed by atoms with van der Waals surface area (Å²) in [6, 6.07) is 18.2. The van der Waals surface area contributed by atoms with Gasteiger partial charge in [-0.25, -0.2) is 17.2 Å². The first kappa shape index (κ1) is 31.3. The van der Waals surface area contributed by atoms with Crippen LogP contribution in [0, 0.1) is 20.8 Å². The molecule has 10 nitrogen and oxygen atoms in total. The van der Waals surface area contributed by atoms with E-state index in [9.17, 15) is 22.8 Å². The molecule has 45 heavy (non-hydrogen) atoms. The Bertz CT molecular complexity index is 2140. The maximum atomic E-state index is 14.1. The number of aryl methyl sites for hydroxylation is 4. The van der Waals surface area contributed by atoms with Crippen molar-refractivity contribution >= 4 is 32.8 Å². The first-order chi connectivity index (χ1) is 21.3. The summed E-state index contributed by atoms with van der Waals surface area (Å²) in [6.07, 6.45) is 1.61. The summed E-state index contributed by atoms with van der Waals surface area (Å²) in [7, 11) is -1.52. The van der Waals surface area contributed by atoms with Crippen LogP contribution in [0.2, 0.25) is 0 Å². The van der Waals surface area contributed by atoms with E-state index in [0.717, 1.165) is 20.7 Å². The summed E-state index contributed by atoms with van der Waals surface area (Å²) in [5, 5.41) is 2.96. The van der Waals surface area contributed by atoms with E-state index in [-0.39, 0.29) is 28.0 Å². The van der Waals surface area contributed by atoms with Crippen molar-refractivity contribution in [1.82, 2.24) is 13.9 Å². The van der Waals surface area contributed by atoms with Crippen molar-refractivity contribution < 1.29 is 27.5 Å². The number of fused-ring (bicyclic) bond motifs is 1. The molecule has 0 radical (unpaired) electrons. The quantitative estimate of drug-likeness (QED) is 0.225. The number of methoxy groups -OCH3 is 1. The van der Waals surface area contributed by atoms with Crippen LogP contribution in [-0.2, 0) is 21.8 Å². The monoisotopic (exact) mass is 627 g/mol. The molecule has 2 heterocycles. The predicted octanol–water partition coefficient (Wildman–Crippen LogP) is 5.50. The summed E-state index contributed by atoms with van der Waals surface area (Å²) in [5.74, 6) is -0.255. The molecular weight excluding hydrogens is 594 g/mol. The van der Waals surface area contributed by atoms with Crippen molar-refractivity contribution in [1.29, 1.82) is 0 Å². The van der Waals surface area contributed by atoms with Gasteiger partial charge in [0.1, 0.15) is 22.7 Å². The van der Waals surface area contributed by atoms with E-state index < -0.39 is 27.5 Å². The summed E-state index contributed by atoms with van der Waals surface area (Å²) in [4.78, 5) is 39.1. The number of ether oxygens (including phenoxy) is 2. The molecule has 0 aliphatic carbocycles. The van der Waals surface area contributed by atoms with Crippen LogP contribution in [0.25, 0.3) is 22.0 Å². The number of carbonyl (C=O) groups excluding carboxylic acids is 2. The number of aromatic nitrogens is 2. The molecule has 3 aromatic carbocycles. The molecule has 0 unspecified atom stereocenters. The van der Waals surface area contributed by atoms with Gasteiger partial charge in [-0.15, -0.1) is 0 Å². The maximum absolute atomic E-state index is 14.1. The molecule has 1 amide bonds. The molecule has 0 aliphatic rings. The van der Waals surface area contributed by atoms with Crippen molar-refractivity contribution in [3.05, 3.63) is 111 Å². The van der Waals surface area contributed by atoms with Crippen LogP contribution < -0.4 is 15.6 Å². The zero-order valence-electron chi connectivity index (χ0n) is 25.8. The van der Waals surface area contributed by atoms with E-state index in [2.05, 4.69) is 5.32 Å². The number of nitrogens with one attached hydrogen (secondary N) is 1. The SMILES string of the molecule is CCNC(=O)c1cc2c(-c3cc(C)cc(Oc4ccc(C)c(C(=O)OC)c4)c3)cn(C)c(=O)c2n1S(=O)(=O)c1ccc(C)cc1. The van der Waals surface area contributed by atoms with Crippen LogP contribution in [0.5, 0.6) is 11.5 Å². The minimum atomic E-state index is -4.37. The second-order valence-electron chi connectivity index (χ2n) is 10.8. The maximum Gasteiger partial charge on any atom is 0.338 e. The summed E-state index contributed by atoms with van der Waals surface area (Å²) >= 11 is 0. The molecule has 0 saturated carbocycles. The Morgan fingerprint density at radius 1 is 0.889 bits per heavy atom. The van der Waals surface area contributed by atoms with Crippen molar-refractivity contribution in [3.63, 3.8) is 0 Å². The summed E-state index contributed by atoms with van der Waals surface area (Å²) in [6.45, 7) is 7.48. The number of esters is 1. The van der Waals surface area contributed by atoms with Crippen molar-refractivity contribution in [2.75, 3.05) is 13.7 Å². The van der Waals surface area contributed by atoms with Crippen molar-refractivity contribution in [2.24, 2.45) is 7.05 Å². The largest absolute Gasteiger partial charge is 0.465 e. The third-order valence-electron chi connectivity index (χ3n) is 7.43. The molecule has 0 spiro atoms. The highest BCUT2D eigenvalue weighted by Crippen LogP contribution is 2.35. The average Bonchev–Trinajstić information content (AvgIpc) is 3.42. The Labute approximate surface area is 260 Å². The molecule has 5 aromatic rings. The smallest absolute Gasteiger partial charge is 0.338 e. The molecule has 0 fully saturated rings. The number of pyridine rings is 1. The molecule has 0 saturated heterocycles. The molecule has 0 aliphatic heterocycles. The average molecular weight is 628 g/mol. The Morgan fingerprint density at radius 2 is 1.60 bits per heavy atom. The van der Waals surface area contributed by atoms with E-state index in [4.69, 9.17) is 9.47 Å². The van der Waals surface area contributed by atoms with E-state index >= 15 is 0 Å². The van der Waals surface area contributed by atoms with Crippen LogP contribution in [-0.4, -0.2) is 42.5 Å². The summed E-state index contributed by atoms with van der Waals surface area (Å²) < 4.78 is 41.3. The number of hydrogen-bond acceptors (Lipinski definition) is 7. The fourth-order valence-corrected chi connectivity index (χ4v) is 6.69. The second-order valence-corrected chi connectivity index (χ2v) is 12.6. The number of nitrogens with zero attached hydrogens (tertiary/aromatic N) is 2. The van der Waals surface area contributed by atoms with Gasteiger partial charge in [0.05, 0.1) is 17.6 Å². The van der Waals surface area contributed by atoms with Gasteiger partial charge < -0.3 is 19.4 Å². The molecule has 0 atom stereocenters. The second kappa shape index (κ2) is 12.1. The molecule has 11 heteroatoms. The fraction of sp³-hybridized carbons (Fsp3) is 0.206. The Kier molecular flexibility index (Phi) is 8.40. The van der Waals surface area contributed by atoms with Crippen LogP contribution in [0.15, 0.2) is 82.6 Å². The van der Waals surface area contributed by atoms with Crippen molar-refractivity contribution in [3.8, 4) is 22.6 Å². The van der Waals surface area contributed by atoms with Gasteiger partial charge in [0.25, 0.3) is 21.5 Å². The zero-order chi connectivity index (χ0) is 32.6. The molecule has 2 aromatic heterocycles. The third-order valence-corrected chi connectivity index (χ3v) is 9.16. The minimum Gasteiger partial charge on any atom is -0.465 e. The van der Waals surface area contributed by atoms with Gasteiger partial charge in [-0.3, -0.25) is 9.59 Å². The highest BCUT2D eigenvalue weighted by molar-refractivity contribution is 7.90. The standard InChI is InChI=1S/C34H33N3O7S/c1-7-35-32(38)30-18-28-29(19-36(5)33(39)31(28)37(30)45(41,42)26-12-8-20(2)9-13-26)23-14-21(3)15-25(16-23)44-24-11-10-22(4)27(17-24)34(40)43-6/h8-19H,7H2,1-6H3,(H,35,38). The van der Waals surface area contributed by atoms with Gasteiger partial charge in [-0.2, -0.15) is 0 Å². The molecule has 1 N–H and O–H groups in total. The van der Waals surface area contributed by atoms with E-state index in [1.807, 2.05) is 26.0 Å². The lowest BCUT2D eigenvalue weighted by Crippen LogP contribution is -2.29. The number of hydrogen-bond donors (Lipinski definition) is 1. The minimum absolute atomic E-state index is 0.0562. The predicted molar refractivity (Wildman–Crippen MR) is 172 cm³/mol. The number of amides is 1. The van der Waals surface area contributed by atoms with Gasteiger partial charge in [-0.1, -0.05) is 29.8 Å². The Morgan fingerprint density at radius 3 is 2.27 bits per heavy atom. The Balaban J connectivity index is 1.73. The first-order valence-electron chi connectivity index (χ1n) is 14.2. The van der Waals surface area contributed by atoms with Crippen LogP contribution in [0.1, 0.15) is 44.5 Å². The van der Waals surface area contributed by atoms with Gasteiger partial charge in [-0.05, 0) is 86.8 Å². The van der Waals surface area contributed by atoms with Crippen molar-refractivity contribution in [2.45, 2.75) is 32.6 Å². The zero-order valence-corrected chi connectivity index (χ0v) is 26.6. The molecule has 232 valence electrons. The van der Waals surface area contributed by atoms with Crippen LogP contribution >= 0.6 is 0 Å². The first-order valence-corrected chi connectivity index (χ1v) is 15.6. The molecule has 0 bridgehead atoms. The highest BCUT2D eigenvalue weighted by atomic mass is 32.2. The van der Waals surface area contributed by atoms with Gasteiger partial charge in [0.2, 0.25) is 0 Å². The lowest BCUT2D eigenvalue weighted by atomic mass is 10.0. The van der Waals surface area contributed by atoms with Crippen LogP contribution in [0.4, 0.5) is 0 Å².